The first-order chi connectivity index (χ1) is 16.1. The minimum Gasteiger partial charge on any atom is -0.350 e. The van der Waals surface area contributed by atoms with Crippen molar-refractivity contribution in [2.24, 2.45) is 0 Å². The minimum absolute atomic E-state index is 0.0759. The molecule has 2 heterocycles. The highest BCUT2D eigenvalue weighted by molar-refractivity contribution is 7.91. The van der Waals surface area contributed by atoms with Crippen molar-refractivity contribution in [1.29, 1.82) is 0 Å². The molecule has 1 N–H and O–H groups in total. The van der Waals surface area contributed by atoms with Crippen molar-refractivity contribution in [2.75, 3.05) is 0 Å². The number of sulfone groups is 1. The Bertz CT molecular complexity index is 1550. The molecule has 0 atom stereocenters. The molecule has 7 nitrogen and oxygen atoms in total. The molecule has 0 aliphatic rings. The quantitative estimate of drug-likeness (QED) is 0.436. The summed E-state index contributed by atoms with van der Waals surface area (Å²) in [7, 11) is -4.19. The molecule has 0 aliphatic heterocycles. The number of aryl methyl sites for hydroxylation is 1. The highest BCUT2D eigenvalue weighted by Crippen LogP contribution is 2.22. The first-order valence-electron chi connectivity index (χ1n) is 10.2. The second-order valence-electron chi connectivity index (χ2n) is 7.63. The molecule has 0 unspecified atom stereocenters. The van der Waals surface area contributed by atoms with Crippen LogP contribution in [-0.4, -0.2) is 23.9 Å². The Kier molecular flexibility index (Phi) is 6.49. The minimum atomic E-state index is -4.19. The van der Waals surface area contributed by atoms with Crippen molar-refractivity contribution < 1.29 is 17.6 Å². The lowest BCUT2D eigenvalue weighted by Gasteiger charge is -2.14. The van der Waals surface area contributed by atoms with Gasteiger partial charge in [-0.1, -0.05) is 23.7 Å². The average molecular weight is 500 g/mol. The highest BCUT2D eigenvalue weighted by Gasteiger charge is 2.25. The predicted molar refractivity (Wildman–Crippen MR) is 126 cm³/mol. The van der Waals surface area contributed by atoms with Crippen molar-refractivity contribution in [3.05, 3.63) is 99.2 Å². The van der Waals surface area contributed by atoms with Crippen LogP contribution in [0.3, 0.4) is 0 Å². The third-order valence-electron chi connectivity index (χ3n) is 5.16. The molecule has 0 fully saturated rings. The van der Waals surface area contributed by atoms with E-state index < -0.39 is 26.1 Å². The number of halogens is 2. The van der Waals surface area contributed by atoms with Crippen LogP contribution in [0.4, 0.5) is 4.39 Å². The Morgan fingerprint density at radius 1 is 1.06 bits per heavy atom. The molecule has 0 aliphatic carbocycles. The van der Waals surface area contributed by atoms with Gasteiger partial charge in [-0.25, -0.2) is 17.8 Å². The van der Waals surface area contributed by atoms with Crippen molar-refractivity contribution in [2.45, 2.75) is 29.8 Å². The summed E-state index contributed by atoms with van der Waals surface area (Å²) in [6, 6.07) is 14.2. The largest absolute Gasteiger partial charge is 0.350 e. The number of carbonyl (C=O) groups excluding carboxylic acids is 1. The third kappa shape index (κ3) is 4.85. The number of rotatable bonds is 6. The SMILES string of the molecule is Cc1ccc2c(=O)c(S(=O)(=O)c3ccc(Cl)cc3)cn(CC(=O)NCc3ccc(F)cc3)c2n1. The third-order valence-corrected chi connectivity index (χ3v) is 7.17. The van der Waals surface area contributed by atoms with Gasteiger partial charge in [0.25, 0.3) is 0 Å². The topological polar surface area (TPSA) is 98.1 Å². The number of nitrogens with zero attached hydrogens (tertiary/aromatic N) is 2. The normalized spacial score (nSPS) is 11.5. The van der Waals surface area contributed by atoms with Crippen molar-refractivity contribution in [3.8, 4) is 0 Å². The van der Waals surface area contributed by atoms with Crippen LogP contribution in [0.25, 0.3) is 11.0 Å². The molecule has 4 aromatic rings. The Hall–Kier alpha value is -3.56. The van der Waals surface area contributed by atoms with E-state index >= 15 is 0 Å². The van der Waals surface area contributed by atoms with E-state index in [2.05, 4.69) is 10.3 Å². The molecular weight excluding hydrogens is 481 g/mol. The van der Waals surface area contributed by atoms with E-state index in [9.17, 15) is 22.4 Å². The van der Waals surface area contributed by atoms with E-state index in [4.69, 9.17) is 11.6 Å². The molecule has 174 valence electrons. The molecular formula is C24H19ClFN3O4S. The van der Waals surface area contributed by atoms with E-state index in [0.29, 0.717) is 16.3 Å². The van der Waals surface area contributed by atoms with Crippen LogP contribution >= 0.6 is 11.6 Å². The van der Waals surface area contributed by atoms with Crippen LogP contribution in [0.1, 0.15) is 11.3 Å². The molecule has 34 heavy (non-hydrogen) atoms. The van der Waals surface area contributed by atoms with Crippen molar-refractivity contribution in [3.63, 3.8) is 0 Å². The van der Waals surface area contributed by atoms with Gasteiger partial charge in [0, 0.05) is 23.5 Å². The van der Waals surface area contributed by atoms with Gasteiger partial charge in [-0.15, -0.1) is 0 Å². The van der Waals surface area contributed by atoms with Gasteiger partial charge in [-0.2, -0.15) is 0 Å². The molecule has 0 bridgehead atoms. The number of pyridine rings is 2. The Labute approximate surface area is 199 Å². The number of carbonyl (C=O) groups is 1. The molecule has 0 radical (unpaired) electrons. The lowest BCUT2D eigenvalue weighted by Crippen LogP contribution is -2.29. The predicted octanol–water partition coefficient (Wildman–Crippen LogP) is 3.65. The molecule has 1 amide bonds. The van der Waals surface area contributed by atoms with E-state index in [1.165, 1.54) is 47.0 Å². The second kappa shape index (κ2) is 9.36. The summed E-state index contributed by atoms with van der Waals surface area (Å²) in [5, 5.41) is 3.13. The molecule has 0 saturated carbocycles. The van der Waals surface area contributed by atoms with Crippen LogP contribution in [-0.2, 0) is 27.7 Å². The van der Waals surface area contributed by atoms with E-state index in [0.717, 1.165) is 6.20 Å². The second-order valence-corrected chi connectivity index (χ2v) is 9.99. The number of benzene rings is 2. The standard InChI is InChI=1S/C24H19ClFN3O4S/c1-15-2-11-20-23(31)21(34(32,33)19-9-5-17(25)6-10-19)13-29(24(20)28-15)14-22(30)27-12-16-3-7-18(26)8-4-16/h2-11,13H,12,14H2,1H3,(H,27,30). The van der Waals surface area contributed by atoms with Crippen LogP contribution in [0.15, 0.2) is 81.4 Å². The molecule has 0 spiro atoms. The van der Waals surface area contributed by atoms with Gasteiger partial charge in [0.2, 0.25) is 21.2 Å². The lowest BCUT2D eigenvalue weighted by atomic mass is 10.2. The van der Waals surface area contributed by atoms with Gasteiger partial charge in [0.1, 0.15) is 22.9 Å². The van der Waals surface area contributed by atoms with Gasteiger partial charge in [0.05, 0.1) is 10.3 Å². The zero-order chi connectivity index (χ0) is 24.5. The zero-order valence-corrected chi connectivity index (χ0v) is 19.5. The van der Waals surface area contributed by atoms with E-state index in [1.54, 1.807) is 25.1 Å². The van der Waals surface area contributed by atoms with Crippen LogP contribution in [0.5, 0.6) is 0 Å². The Morgan fingerprint density at radius 2 is 1.74 bits per heavy atom. The average Bonchev–Trinajstić information content (AvgIpc) is 2.80. The van der Waals surface area contributed by atoms with Gasteiger partial charge in [0.15, 0.2) is 0 Å². The first-order valence-corrected chi connectivity index (χ1v) is 12.0. The zero-order valence-electron chi connectivity index (χ0n) is 18.0. The summed E-state index contributed by atoms with van der Waals surface area (Å²) in [6.45, 7) is 1.60. The van der Waals surface area contributed by atoms with Crippen LogP contribution in [0, 0.1) is 12.7 Å². The molecule has 4 rings (SSSR count). The highest BCUT2D eigenvalue weighted by atomic mass is 35.5. The molecule has 2 aromatic heterocycles. The smallest absolute Gasteiger partial charge is 0.240 e. The summed E-state index contributed by atoms with van der Waals surface area (Å²) >= 11 is 5.86. The fraction of sp³-hybridized carbons (Fsp3) is 0.125. The summed E-state index contributed by atoms with van der Waals surface area (Å²) in [5.74, 6) is -0.821. The van der Waals surface area contributed by atoms with Crippen molar-refractivity contribution >= 4 is 38.4 Å². The van der Waals surface area contributed by atoms with Crippen LogP contribution < -0.4 is 10.7 Å². The lowest BCUT2D eigenvalue weighted by molar-refractivity contribution is -0.121. The maximum absolute atomic E-state index is 13.2. The summed E-state index contributed by atoms with van der Waals surface area (Å²) < 4.78 is 40.9. The number of hydrogen-bond donors (Lipinski definition) is 1. The fourth-order valence-corrected chi connectivity index (χ4v) is 4.89. The number of fused-ring (bicyclic) bond motifs is 1. The molecule has 10 heteroatoms. The fourth-order valence-electron chi connectivity index (χ4n) is 3.40. The Balaban J connectivity index is 1.73. The maximum atomic E-state index is 13.2. The van der Waals surface area contributed by atoms with Gasteiger partial charge < -0.3 is 9.88 Å². The number of hydrogen-bond acceptors (Lipinski definition) is 5. The summed E-state index contributed by atoms with van der Waals surface area (Å²) in [6.07, 6.45) is 1.14. The van der Waals surface area contributed by atoms with Gasteiger partial charge in [-0.3, -0.25) is 9.59 Å². The van der Waals surface area contributed by atoms with Crippen LogP contribution in [0.2, 0.25) is 5.02 Å². The molecule has 0 saturated heterocycles. The number of aromatic nitrogens is 2. The maximum Gasteiger partial charge on any atom is 0.240 e. The van der Waals surface area contributed by atoms with Crippen molar-refractivity contribution in [1.82, 2.24) is 14.9 Å². The van der Waals surface area contributed by atoms with Gasteiger partial charge >= 0.3 is 0 Å². The number of nitrogens with one attached hydrogen (secondary N) is 1. The Morgan fingerprint density at radius 3 is 2.41 bits per heavy atom. The first kappa shape index (κ1) is 23.6. The van der Waals surface area contributed by atoms with E-state index in [-0.39, 0.29) is 34.8 Å². The molecule has 2 aromatic carbocycles. The summed E-state index contributed by atoms with van der Waals surface area (Å²) in [5.41, 5.74) is 0.776. The number of amides is 1. The van der Waals surface area contributed by atoms with Gasteiger partial charge in [-0.05, 0) is 61.0 Å². The summed E-state index contributed by atoms with van der Waals surface area (Å²) in [4.78, 5) is 29.6. The monoisotopic (exact) mass is 499 g/mol. The van der Waals surface area contributed by atoms with E-state index in [1.807, 2.05) is 0 Å².